The number of nitrogens with two attached hydrogens (primary N) is 1. The molecular formula is C14H23FN2. The highest BCUT2D eigenvalue weighted by atomic mass is 19.1. The van der Waals surface area contributed by atoms with Gasteiger partial charge in [0.05, 0.1) is 5.69 Å². The van der Waals surface area contributed by atoms with E-state index >= 15 is 0 Å². The molecule has 0 radical (unpaired) electrons. The molecule has 0 bridgehead atoms. The molecule has 1 rings (SSSR count). The lowest BCUT2D eigenvalue weighted by molar-refractivity contribution is 0.409. The molecule has 0 aliphatic rings. The second-order valence-corrected chi connectivity index (χ2v) is 4.55. The van der Waals surface area contributed by atoms with Crippen LogP contribution in [0.5, 0.6) is 0 Å². The van der Waals surface area contributed by atoms with Crippen molar-refractivity contribution in [1.82, 2.24) is 0 Å². The van der Waals surface area contributed by atoms with Crippen molar-refractivity contribution in [3.05, 3.63) is 30.1 Å². The largest absolute Gasteiger partial charge is 0.376 e. The topological polar surface area (TPSA) is 38.0 Å². The third-order valence-corrected chi connectivity index (χ3v) is 3.35. The summed E-state index contributed by atoms with van der Waals surface area (Å²) in [7, 11) is 0. The van der Waals surface area contributed by atoms with Gasteiger partial charge in [-0.05, 0) is 25.0 Å². The average Bonchev–Trinajstić information content (AvgIpc) is 2.37. The maximum Gasteiger partial charge on any atom is 0.146 e. The Morgan fingerprint density at radius 2 is 2.00 bits per heavy atom. The van der Waals surface area contributed by atoms with E-state index in [1.807, 2.05) is 6.07 Å². The first-order chi connectivity index (χ1) is 8.17. The molecule has 0 aliphatic heterocycles. The van der Waals surface area contributed by atoms with Crippen LogP contribution in [-0.2, 0) is 0 Å². The number of rotatable bonds is 7. The van der Waals surface area contributed by atoms with Crippen LogP contribution >= 0.6 is 0 Å². The van der Waals surface area contributed by atoms with Gasteiger partial charge in [0.2, 0.25) is 0 Å². The molecule has 2 nitrogen and oxygen atoms in total. The van der Waals surface area contributed by atoms with Crippen LogP contribution in [0.3, 0.4) is 0 Å². The Morgan fingerprint density at radius 3 is 2.53 bits per heavy atom. The second-order valence-electron chi connectivity index (χ2n) is 4.55. The lowest BCUT2D eigenvalue weighted by atomic mass is 9.89. The van der Waals surface area contributed by atoms with E-state index in [2.05, 4.69) is 19.2 Å². The van der Waals surface area contributed by atoms with E-state index in [4.69, 9.17) is 5.73 Å². The first kappa shape index (κ1) is 14.0. The van der Waals surface area contributed by atoms with E-state index in [9.17, 15) is 4.39 Å². The van der Waals surface area contributed by atoms with E-state index in [0.717, 1.165) is 25.7 Å². The molecule has 0 spiro atoms. The number of unbranched alkanes of at least 4 members (excludes halogenated alkanes) is 1. The zero-order valence-corrected chi connectivity index (χ0v) is 10.8. The van der Waals surface area contributed by atoms with E-state index in [0.29, 0.717) is 12.2 Å². The predicted octanol–water partition coefficient (Wildman–Crippen LogP) is 3.54. The summed E-state index contributed by atoms with van der Waals surface area (Å²) < 4.78 is 13.6. The van der Waals surface area contributed by atoms with Crippen molar-refractivity contribution >= 4 is 5.69 Å². The average molecular weight is 238 g/mol. The Kier molecular flexibility index (Phi) is 5.42. The van der Waals surface area contributed by atoms with Gasteiger partial charge < -0.3 is 11.1 Å². The SMILES string of the molecule is CCCCC(CC)(CN)Nc1ccccc1F. The van der Waals surface area contributed by atoms with Crippen LogP contribution in [0.25, 0.3) is 0 Å². The van der Waals surface area contributed by atoms with Gasteiger partial charge in [0, 0.05) is 12.1 Å². The number of para-hydroxylation sites is 1. The molecule has 3 N–H and O–H groups in total. The van der Waals surface area contributed by atoms with Gasteiger partial charge >= 0.3 is 0 Å². The Hall–Kier alpha value is -1.09. The summed E-state index contributed by atoms with van der Waals surface area (Å²) in [6, 6.07) is 6.77. The second kappa shape index (κ2) is 6.60. The monoisotopic (exact) mass is 238 g/mol. The molecule has 1 unspecified atom stereocenters. The first-order valence-electron chi connectivity index (χ1n) is 6.40. The standard InChI is InChI=1S/C14H23FN2/c1-3-5-10-14(4-2,11-16)17-13-9-7-6-8-12(13)15/h6-9,17H,3-5,10-11,16H2,1-2H3. The van der Waals surface area contributed by atoms with Crippen molar-refractivity contribution in [2.24, 2.45) is 5.73 Å². The summed E-state index contributed by atoms with van der Waals surface area (Å²) in [6.07, 6.45) is 4.11. The molecule has 1 atom stereocenters. The zero-order chi connectivity index (χ0) is 12.7. The van der Waals surface area contributed by atoms with Crippen LogP contribution in [-0.4, -0.2) is 12.1 Å². The Balaban J connectivity index is 2.82. The molecule has 0 aliphatic carbocycles. The van der Waals surface area contributed by atoms with E-state index in [1.165, 1.54) is 6.07 Å². The Bertz CT molecular complexity index is 335. The van der Waals surface area contributed by atoms with Crippen molar-refractivity contribution in [3.63, 3.8) is 0 Å². The van der Waals surface area contributed by atoms with Gasteiger partial charge in [-0.3, -0.25) is 0 Å². The summed E-state index contributed by atoms with van der Waals surface area (Å²) in [5, 5.41) is 3.29. The summed E-state index contributed by atoms with van der Waals surface area (Å²) in [4.78, 5) is 0. The van der Waals surface area contributed by atoms with E-state index < -0.39 is 0 Å². The van der Waals surface area contributed by atoms with Crippen LogP contribution in [0, 0.1) is 5.82 Å². The normalized spacial score (nSPS) is 14.4. The predicted molar refractivity (Wildman–Crippen MR) is 71.6 cm³/mol. The van der Waals surface area contributed by atoms with Crippen molar-refractivity contribution < 1.29 is 4.39 Å². The van der Waals surface area contributed by atoms with Gasteiger partial charge in [-0.1, -0.05) is 38.8 Å². The highest BCUT2D eigenvalue weighted by Gasteiger charge is 2.26. The molecule has 96 valence electrons. The van der Waals surface area contributed by atoms with Crippen LogP contribution in [0.4, 0.5) is 10.1 Å². The number of nitrogens with one attached hydrogen (secondary N) is 1. The third-order valence-electron chi connectivity index (χ3n) is 3.35. The minimum atomic E-state index is -0.213. The van der Waals surface area contributed by atoms with Crippen LogP contribution in [0.2, 0.25) is 0 Å². The summed E-state index contributed by atoms with van der Waals surface area (Å²) in [6.45, 7) is 4.77. The molecule has 3 heteroatoms. The van der Waals surface area contributed by atoms with Gasteiger partial charge in [0.15, 0.2) is 0 Å². The molecule has 17 heavy (non-hydrogen) atoms. The zero-order valence-electron chi connectivity index (χ0n) is 10.8. The summed E-state index contributed by atoms with van der Waals surface area (Å²) in [5.41, 5.74) is 6.24. The molecular weight excluding hydrogens is 215 g/mol. The lowest BCUT2D eigenvalue weighted by Crippen LogP contribution is -2.45. The van der Waals surface area contributed by atoms with E-state index in [-0.39, 0.29) is 11.4 Å². The molecule has 0 fully saturated rings. The van der Waals surface area contributed by atoms with Crippen LogP contribution in [0.15, 0.2) is 24.3 Å². The fourth-order valence-electron chi connectivity index (χ4n) is 1.99. The van der Waals surface area contributed by atoms with Crippen LogP contribution in [0.1, 0.15) is 39.5 Å². The Labute approximate surface area is 103 Å². The minimum Gasteiger partial charge on any atom is -0.376 e. The van der Waals surface area contributed by atoms with Gasteiger partial charge in [-0.2, -0.15) is 0 Å². The minimum absolute atomic E-state index is 0.182. The van der Waals surface area contributed by atoms with Gasteiger partial charge in [-0.15, -0.1) is 0 Å². The van der Waals surface area contributed by atoms with Crippen molar-refractivity contribution in [2.45, 2.75) is 45.1 Å². The third kappa shape index (κ3) is 3.70. The lowest BCUT2D eigenvalue weighted by Gasteiger charge is -2.34. The maximum atomic E-state index is 13.6. The molecule has 1 aromatic carbocycles. The molecule has 0 aromatic heterocycles. The number of hydrogen-bond acceptors (Lipinski definition) is 2. The smallest absolute Gasteiger partial charge is 0.146 e. The highest BCUT2D eigenvalue weighted by Crippen LogP contribution is 2.25. The van der Waals surface area contributed by atoms with Crippen molar-refractivity contribution in [3.8, 4) is 0 Å². The van der Waals surface area contributed by atoms with Crippen LogP contribution < -0.4 is 11.1 Å². The number of benzene rings is 1. The highest BCUT2D eigenvalue weighted by molar-refractivity contribution is 5.47. The number of hydrogen-bond donors (Lipinski definition) is 2. The fourth-order valence-corrected chi connectivity index (χ4v) is 1.99. The first-order valence-corrected chi connectivity index (χ1v) is 6.40. The summed E-state index contributed by atoms with van der Waals surface area (Å²) in [5.74, 6) is -0.213. The van der Waals surface area contributed by atoms with Gasteiger partial charge in [0.1, 0.15) is 5.82 Å². The number of halogens is 1. The molecule has 0 amide bonds. The molecule has 0 heterocycles. The maximum absolute atomic E-state index is 13.6. The molecule has 0 saturated carbocycles. The van der Waals surface area contributed by atoms with Gasteiger partial charge in [-0.25, -0.2) is 4.39 Å². The summed E-state index contributed by atoms with van der Waals surface area (Å²) >= 11 is 0. The molecule has 1 aromatic rings. The quantitative estimate of drug-likeness (QED) is 0.762. The van der Waals surface area contributed by atoms with Crippen molar-refractivity contribution in [2.75, 3.05) is 11.9 Å². The van der Waals surface area contributed by atoms with E-state index in [1.54, 1.807) is 12.1 Å². The number of anilines is 1. The molecule has 0 saturated heterocycles. The Morgan fingerprint density at radius 1 is 1.29 bits per heavy atom. The van der Waals surface area contributed by atoms with Gasteiger partial charge in [0.25, 0.3) is 0 Å². The van der Waals surface area contributed by atoms with Crippen molar-refractivity contribution in [1.29, 1.82) is 0 Å². The fraction of sp³-hybridized carbons (Fsp3) is 0.571.